The Morgan fingerprint density at radius 3 is 2.55 bits per heavy atom. The number of ether oxygens (including phenoxy) is 1. The largest absolute Gasteiger partial charge is 0.496 e. The highest BCUT2D eigenvalue weighted by Gasteiger charge is 2.18. The van der Waals surface area contributed by atoms with Gasteiger partial charge in [0.15, 0.2) is 0 Å². The standard InChI is InChI=1S/C15H18N2O3/c1-15(2,3)13-8-17(9-16-13)10-5-6-12(20-4)11(7-10)14(18)19/h5-9H,1-4H3,(H,18,19). The van der Waals surface area contributed by atoms with E-state index in [4.69, 9.17) is 4.74 Å². The highest BCUT2D eigenvalue weighted by molar-refractivity contribution is 5.91. The lowest BCUT2D eigenvalue weighted by molar-refractivity contribution is 0.0693. The molecule has 0 spiro atoms. The van der Waals surface area contributed by atoms with E-state index in [1.807, 2.05) is 10.8 Å². The van der Waals surface area contributed by atoms with Gasteiger partial charge in [-0.15, -0.1) is 0 Å². The van der Waals surface area contributed by atoms with E-state index in [1.165, 1.54) is 7.11 Å². The molecule has 0 bridgehead atoms. The van der Waals surface area contributed by atoms with Crippen LogP contribution in [-0.2, 0) is 5.41 Å². The maximum Gasteiger partial charge on any atom is 0.339 e. The molecule has 0 atom stereocenters. The first-order chi connectivity index (χ1) is 9.32. The number of rotatable bonds is 3. The normalized spacial score (nSPS) is 11.4. The molecule has 1 aromatic carbocycles. The lowest BCUT2D eigenvalue weighted by Crippen LogP contribution is -2.11. The van der Waals surface area contributed by atoms with Crippen LogP contribution in [0.5, 0.6) is 5.75 Å². The van der Waals surface area contributed by atoms with Gasteiger partial charge in [0.2, 0.25) is 0 Å². The maximum absolute atomic E-state index is 11.2. The Morgan fingerprint density at radius 1 is 1.35 bits per heavy atom. The molecule has 2 aromatic rings. The molecule has 2 rings (SSSR count). The Hall–Kier alpha value is -2.30. The van der Waals surface area contributed by atoms with Crippen LogP contribution in [0.3, 0.4) is 0 Å². The third-order valence-corrected chi connectivity index (χ3v) is 3.06. The molecule has 0 aliphatic rings. The van der Waals surface area contributed by atoms with E-state index < -0.39 is 5.97 Å². The summed E-state index contributed by atoms with van der Waals surface area (Å²) in [5, 5.41) is 9.20. The predicted molar refractivity (Wildman–Crippen MR) is 75.8 cm³/mol. The number of carbonyl (C=O) groups is 1. The van der Waals surface area contributed by atoms with Gasteiger partial charge in [-0.3, -0.25) is 0 Å². The molecule has 1 N–H and O–H groups in total. The zero-order valence-corrected chi connectivity index (χ0v) is 12.0. The number of benzene rings is 1. The highest BCUT2D eigenvalue weighted by atomic mass is 16.5. The third kappa shape index (κ3) is 2.66. The molecule has 106 valence electrons. The first-order valence-corrected chi connectivity index (χ1v) is 6.29. The monoisotopic (exact) mass is 274 g/mol. The molecular weight excluding hydrogens is 256 g/mol. The molecule has 0 unspecified atom stereocenters. The summed E-state index contributed by atoms with van der Waals surface area (Å²) in [6.45, 7) is 6.24. The van der Waals surface area contributed by atoms with Crippen molar-refractivity contribution in [3.05, 3.63) is 42.0 Å². The maximum atomic E-state index is 11.2. The smallest absolute Gasteiger partial charge is 0.339 e. The van der Waals surface area contributed by atoms with Crippen LogP contribution in [0.2, 0.25) is 0 Å². The van der Waals surface area contributed by atoms with Gasteiger partial charge < -0.3 is 14.4 Å². The molecule has 5 heteroatoms. The summed E-state index contributed by atoms with van der Waals surface area (Å²) >= 11 is 0. The van der Waals surface area contributed by atoms with Crippen molar-refractivity contribution in [2.24, 2.45) is 0 Å². The van der Waals surface area contributed by atoms with Gasteiger partial charge in [0, 0.05) is 17.3 Å². The predicted octanol–water partition coefficient (Wildman–Crippen LogP) is 2.88. The second kappa shape index (κ2) is 5.00. The second-order valence-corrected chi connectivity index (χ2v) is 5.61. The molecule has 0 fully saturated rings. The van der Waals surface area contributed by atoms with Gasteiger partial charge in [-0.2, -0.15) is 0 Å². The Kier molecular flexibility index (Phi) is 3.53. The molecule has 0 aliphatic carbocycles. The fourth-order valence-corrected chi connectivity index (χ4v) is 1.88. The van der Waals surface area contributed by atoms with E-state index in [0.717, 1.165) is 11.4 Å². The van der Waals surface area contributed by atoms with Crippen molar-refractivity contribution in [3.63, 3.8) is 0 Å². The summed E-state index contributed by atoms with van der Waals surface area (Å²) in [4.78, 5) is 15.6. The van der Waals surface area contributed by atoms with Crippen molar-refractivity contribution >= 4 is 5.97 Å². The van der Waals surface area contributed by atoms with Gasteiger partial charge in [0.1, 0.15) is 11.3 Å². The summed E-state index contributed by atoms with van der Waals surface area (Å²) in [5.74, 6) is -0.669. The molecule has 0 aliphatic heterocycles. The van der Waals surface area contributed by atoms with Gasteiger partial charge in [0.05, 0.1) is 19.1 Å². The molecule has 0 radical (unpaired) electrons. The number of aromatic carboxylic acids is 1. The third-order valence-electron chi connectivity index (χ3n) is 3.06. The Labute approximate surface area is 117 Å². The summed E-state index contributed by atoms with van der Waals surface area (Å²) in [7, 11) is 1.45. The molecule has 0 amide bonds. The number of methoxy groups -OCH3 is 1. The molecule has 5 nitrogen and oxygen atoms in total. The summed E-state index contributed by atoms with van der Waals surface area (Å²) in [5.41, 5.74) is 1.78. The zero-order chi connectivity index (χ0) is 14.9. The topological polar surface area (TPSA) is 64.4 Å². The summed E-state index contributed by atoms with van der Waals surface area (Å²) < 4.78 is 6.86. The molecular formula is C15H18N2O3. The van der Waals surface area contributed by atoms with Crippen molar-refractivity contribution in [3.8, 4) is 11.4 Å². The fraction of sp³-hybridized carbons (Fsp3) is 0.333. The number of carboxylic acids is 1. The number of imidazole rings is 1. The van der Waals surface area contributed by atoms with Gasteiger partial charge in [-0.25, -0.2) is 9.78 Å². The Balaban J connectivity index is 2.46. The number of carboxylic acid groups (broad SMARTS) is 1. The van der Waals surface area contributed by atoms with Crippen LogP contribution < -0.4 is 4.74 Å². The molecule has 1 aromatic heterocycles. The number of hydrogen-bond acceptors (Lipinski definition) is 3. The number of hydrogen-bond donors (Lipinski definition) is 1. The van der Waals surface area contributed by atoms with E-state index in [2.05, 4.69) is 25.8 Å². The molecule has 0 saturated heterocycles. The average molecular weight is 274 g/mol. The molecule has 20 heavy (non-hydrogen) atoms. The van der Waals surface area contributed by atoms with Crippen LogP contribution in [0.1, 0.15) is 36.8 Å². The van der Waals surface area contributed by atoms with Crippen LogP contribution in [-0.4, -0.2) is 27.7 Å². The van der Waals surface area contributed by atoms with Crippen molar-refractivity contribution in [2.45, 2.75) is 26.2 Å². The second-order valence-electron chi connectivity index (χ2n) is 5.61. The van der Waals surface area contributed by atoms with E-state index in [9.17, 15) is 9.90 Å². The Morgan fingerprint density at radius 2 is 2.05 bits per heavy atom. The SMILES string of the molecule is COc1ccc(-n2cnc(C(C)(C)C)c2)cc1C(=O)O. The lowest BCUT2D eigenvalue weighted by atomic mass is 9.93. The Bertz CT molecular complexity index is 639. The van der Waals surface area contributed by atoms with E-state index >= 15 is 0 Å². The van der Waals surface area contributed by atoms with E-state index in [0.29, 0.717) is 5.75 Å². The lowest BCUT2D eigenvalue weighted by Gasteiger charge is -2.14. The summed E-state index contributed by atoms with van der Waals surface area (Å²) in [6.07, 6.45) is 3.60. The van der Waals surface area contributed by atoms with Gasteiger partial charge in [-0.05, 0) is 18.2 Å². The van der Waals surface area contributed by atoms with Crippen LogP contribution in [0, 0.1) is 0 Å². The van der Waals surface area contributed by atoms with Crippen LogP contribution in [0.15, 0.2) is 30.7 Å². The zero-order valence-electron chi connectivity index (χ0n) is 12.0. The summed E-state index contributed by atoms with van der Waals surface area (Å²) in [6, 6.07) is 5.03. The van der Waals surface area contributed by atoms with Gasteiger partial charge in [0.25, 0.3) is 0 Å². The quantitative estimate of drug-likeness (QED) is 0.934. The minimum Gasteiger partial charge on any atom is -0.496 e. The molecule has 1 heterocycles. The first kappa shape index (κ1) is 14.1. The van der Waals surface area contributed by atoms with Crippen molar-refractivity contribution in [1.29, 1.82) is 0 Å². The van der Waals surface area contributed by atoms with E-state index in [1.54, 1.807) is 24.5 Å². The van der Waals surface area contributed by atoms with Crippen LogP contribution in [0.25, 0.3) is 5.69 Å². The molecule has 0 saturated carbocycles. The first-order valence-electron chi connectivity index (χ1n) is 6.29. The minimum absolute atomic E-state index is 0.0483. The number of aromatic nitrogens is 2. The van der Waals surface area contributed by atoms with Gasteiger partial charge >= 0.3 is 5.97 Å². The average Bonchev–Trinajstić information content (AvgIpc) is 2.87. The van der Waals surface area contributed by atoms with Crippen molar-refractivity contribution < 1.29 is 14.6 Å². The van der Waals surface area contributed by atoms with Crippen molar-refractivity contribution in [2.75, 3.05) is 7.11 Å². The van der Waals surface area contributed by atoms with Crippen LogP contribution >= 0.6 is 0 Å². The van der Waals surface area contributed by atoms with Crippen LogP contribution in [0.4, 0.5) is 0 Å². The van der Waals surface area contributed by atoms with E-state index in [-0.39, 0.29) is 11.0 Å². The highest BCUT2D eigenvalue weighted by Crippen LogP contribution is 2.24. The van der Waals surface area contributed by atoms with Crippen molar-refractivity contribution in [1.82, 2.24) is 9.55 Å². The minimum atomic E-state index is -1.01. The fourth-order valence-electron chi connectivity index (χ4n) is 1.88. The van der Waals surface area contributed by atoms with Gasteiger partial charge in [-0.1, -0.05) is 20.8 Å². The number of nitrogens with zero attached hydrogens (tertiary/aromatic N) is 2.